The zero-order valence-corrected chi connectivity index (χ0v) is 21.0. The van der Waals surface area contributed by atoms with E-state index in [4.69, 9.17) is 21.1 Å². The van der Waals surface area contributed by atoms with Crippen LogP contribution in [0.4, 0.5) is 10.1 Å². The molecule has 0 aliphatic carbocycles. The Morgan fingerprint density at radius 3 is 2.56 bits per heavy atom. The largest absolute Gasteiger partial charge is 0.389 e. The van der Waals surface area contributed by atoms with E-state index in [0.717, 1.165) is 35.8 Å². The summed E-state index contributed by atoms with van der Waals surface area (Å²) in [6.07, 6.45) is -3.21. The highest BCUT2D eigenvalue weighted by atomic mass is 35.5. The summed E-state index contributed by atoms with van der Waals surface area (Å²) in [6.45, 7) is 8.05. The van der Waals surface area contributed by atoms with Crippen molar-refractivity contribution in [2.75, 3.05) is 37.7 Å². The van der Waals surface area contributed by atoms with Crippen LogP contribution in [0.3, 0.4) is 0 Å². The number of thioether (sulfide) groups is 1. The maximum atomic E-state index is 13.1. The van der Waals surface area contributed by atoms with E-state index in [9.17, 15) is 14.6 Å². The summed E-state index contributed by atoms with van der Waals surface area (Å²) in [5.41, 5.74) is 1.79. The minimum absolute atomic E-state index is 0.107. The molecule has 5 atom stereocenters. The van der Waals surface area contributed by atoms with Crippen LogP contribution in [0.1, 0.15) is 19.4 Å². The van der Waals surface area contributed by atoms with Crippen molar-refractivity contribution >= 4 is 29.1 Å². The fourth-order valence-electron chi connectivity index (χ4n) is 4.45. The van der Waals surface area contributed by atoms with Crippen LogP contribution in [-0.2, 0) is 16.1 Å². The number of hydrogen-bond donors (Lipinski definition) is 2. The molecule has 1 saturated heterocycles. The molecule has 9 heteroatoms. The highest BCUT2D eigenvalue weighted by Gasteiger charge is 2.49. The van der Waals surface area contributed by atoms with Gasteiger partial charge in [0.2, 0.25) is 0 Å². The third-order valence-corrected chi connectivity index (χ3v) is 8.10. The number of likely N-dealkylation sites (N-methyl/N-ethyl adjacent to an activating group) is 1. The number of rotatable bonds is 9. The quantitative estimate of drug-likeness (QED) is 0.532. The number of aliphatic hydroxyl groups is 2. The molecule has 0 radical (unpaired) electrons. The summed E-state index contributed by atoms with van der Waals surface area (Å²) in [4.78, 5) is 5.49. The van der Waals surface area contributed by atoms with Crippen LogP contribution >= 0.6 is 23.4 Å². The molecule has 4 rings (SSSR count). The predicted octanol–water partition coefficient (Wildman–Crippen LogP) is 3.77. The lowest BCUT2D eigenvalue weighted by Crippen LogP contribution is -2.64. The maximum Gasteiger partial charge on any atom is 0.145 e. The van der Waals surface area contributed by atoms with Crippen molar-refractivity contribution in [3.8, 4) is 0 Å². The van der Waals surface area contributed by atoms with Crippen LogP contribution in [0.15, 0.2) is 47.4 Å². The average Bonchev–Trinajstić information content (AvgIpc) is 2.84. The van der Waals surface area contributed by atoms with Crippen molar-refractivity contribution in [2.24, 2.45) is 0 Å². The van der Waals surface area contributed by atoms with E-state index in [0.29, 0.717) is 11.6 Å². The number of aliphatic hydroxyl groups excluding tert-OH is 2. The molecule has 0 unspecified atom stereocenters. The van der Waals surface area contributed by atoms with Gasteiger partial charge in [-0.15, -0.1) is 11.8 Å². The van der Waals surface area contributed by atoms with Gasteiger partial charge in [0.1, 0.15) is 24.3 Å². The molecule has 1 fully saturated rings. The molecule has 0 bridgehead atoms. The van der Waals surface area contributed by atoms with Gasteiger partial charge in [-0.2, -0.15) is 0 Å². The predicted molar refractivity (Wildman–Crippen MR) is 133 cm³/mol. The highest BCUT2D eigenvalue weighted by molar-refractivity contribution is 8.00. The second kappa shape index (κ2) is 11.6. The molecule has 0 spiro atoms. The van der Waals surface area contributed by atoms with E-state index in [2.05, 4.69) is 23.6 Å². The topological polar surface area (TPSA) is 65.4 Å². The Bertz CT molecular complexity index is 949. The summed E-state index contributed by atoms with van der Waals surface area (Å²) in [5, 5.41) is 22.2. The van der Waals surface area contributed by atoms with Crippen molar-refractivity contribution in [1.82, 2.24) is 4.90 Å². The third-order valence-electron chi connectivity index (χ3n) is 6.48. The Hall–Kier alpha value is -1.39. The van der Waals surface area contributed by atoms with Gasteiger partial charge >= 0.3 is 0 Å². The van der Waals surface area contributed by atoms with Crippen molar-refractivity contribution in [3.05, 3.63) is 58.9 Å². The van der Waals surface area contributed by atoms with Gasteiger partial charge in [-0.1, -0.05) is 37.6 Å². The standard InChI is InChI=1S/C25H32ClFN2O4S/c1-3-28(4-2)11-12-29-19-13-17(26)7-10-21(19)34-24-23(31)22(30)20(33-25(24)29)15-32-14-16-5-8-18(27)9-6-16/h5-10,13,20,22-25,30-31H,3-4,11-12,14-15H2,1-2H3/t20-,22-,23+,24+,25-/m1/s1. The second-order valence-corrected chi connectivity index (χ2v) is 10.3. The van der Waals surface area contributed by atoms with E-state index in [1.165, 1.54) is 23.9 Å². The zero-order valence-electron chi connectivity index (χ0n) is 19.4. The molecule has 0 saturated carbocycles. The molecule has 6 nitrogen and oxygen atoms in total. The first kappa shape index (κ1) is 25.7. The molecular weight excluding hydrogens is 479 g/mol. The van der Waals surface area contributed by atoms with Crippen molar-refractivity contribution in [3.63, 3.8) is 0 Å². The fraction of sp³-hybridized carbons (Fsp3) is 0.520. The Kier molecular flexibility index (Phi) is 8.74. The molecule has 2 N–H and O–H groups in total. The highest BCUT2D eigenvalue weighted by Crippen LogP contribution is 2.47. The minimum Gasteiger partial charge on any atom is -0.389 e. The summed E-state index contributed by atoms with van der Waals surface area (Å²) >= 11 is 7.84. The van der Waals surface area contributed by atoms with Crippen LogP contribution in [0.5, 0.6) is 0 Å². The average molecular weight is 511 g/mol. The van der Waals surface area contributed by atoms with E-state index in [-0.39, 0.29) is 24.3 Å². The lowest BCUT2D eigenvalue weighted by atomic mass is 9.99. The van der Waals surface area contributed by atoms with Gasteiger partial charge in [0.05, 0.1) is 30.3 Å². The molecule has 2 aliphatic heterocycles. The van der Waals surface area contributed by atoms with E-state index < -0.39 is 24.5 Å². The first-order valence-electron chi connectivity index (χ1n) is 11.7. The van der Waals surface area contributed by atoms with E-state index >= 15 is 0 Å². The first-order chi connectivity index (χ1) is 16.4. The summed E-state index contributed by atoms with van der Waals surface area (Å²) in [7, 11) is 0. The minimum atomic E-state index is -1.08. The van der Waals surface area contributed by atoms with Gasteiger partial charge in [0, 0.05) is 23.0 Å². The normalized spacial score (nSPS) is 26.4. The second-order valence-electron chi connectivity index (χ2n) is 8.60. The number of fused-ring (bicyclic) bond motifs is 2. The van der Waals surface area contributed by atoms with Crippen LogP contribution in [0.25, 0.3) is 0 Å². The maximum absolute atomic E-state index is 13.1. The zero-order chi connectivity index (χ0) is 24.2. The summed E-state index contributed by atoms with van der Waals surface area (Å²) < 4.78 is 25.3. The number of ether oxygens (including phenoxy) is 2. The van der Waals surface area contributed by atoms with Crippen LogP contribution in [0.2, 0.25) is 5.02 Å². The van der Waals surface area contributed by atoms with Crippen LogP contribution in [0, 0.1) is 5.82 Å². The number of hydrogen-bond acceptors (Lipinski definition) is 7. The molecule has 0 aromatic heterocycles. The van der Waals surface area contributed by atoms with Crippen LogP contribution in [-0.4, -0.2) is 77.7 Å². The van der Waals surface area contributed by atoms with Crippen molar-refractivity contribution < 1.29 is 24.1 Å². The number of anilines is 1. The molecule has 186 valence electrons. The lowest BCUT2D eigenvalue weighted by Gasteiger charge is -2.50. The van der Waals surface area contributed by atoms with Gasteiger partial charge in [-0.05, 0) is 49.0 Å². The summed E-state index contributed by atoms with van der Waals surface area (Å²) in [6, 6.07) is 11.8. The molecule has 2 heterocycles. The molecular formula is C25H32ClFN2O4S. The fourth-order valence-corrected chi connectivity index (χ4v) is 5.98. The first-order valence-corrected chi connectivity index (χ1v) is 13.0. The number of benzene rings is 2. The molecule has 2 aromatic carbocycles. The Balaban J connectivity index is 1.51. The summed E-state index contributed by atoms with van der Waals surface area (Å²) in [5.74, 6) is -0.302. The van der Waals surface area contributed by atoms with Gasteiger partial charge in [-0.25, -0.2) is 4.39 Å². The Morgan fingerprint density at radius 2 is 1.85 bits per heavy atom. The van der Waals surface area contributed by atoms with E-state index in [1.54, 1.807) is 12.1 Å². The van der Waals surface area contributed by atoms with Crippen LogP contribution < -0.4 is 4.90 Å². The third kappa shape index (κ3) is 5.70. The molecule has 34 heavy (non-hydrogen) atoms. The number of halogens is 2. The van der Waals surface area contributed by atoms with Gasteiger partial charge in [0.25, 0.3) is 0 Å². The SMILES string of the molecule is CCN(CC)CCN1c2cc(Cl)ccc2S[C@H]2[C@@H](O)[C@H](O)[C@@H](COCc3ccc(F)cc3)O[C@H]21. The monoisotopic (exact) mass is 510 g/mol. The molecule has 0 amide bonds. The van der Waals surface area contributed by atoms with Crippen molar-refractivity contribution in [2.45, 2.75) is 55.1 Å². The number of nitrogens with zero attached hydrogens (tertiary/aromatic N) is 2. The van der Waals surface area contributed by atoms with Gasteiger partial charge < -0.3 is 29.5 Å². The Morgan fingerprint density at radius 1 is 1.12 bits per heavy atom. The van der Waals surface area contributed by atoms with Crippen molar-refractivity contribution in [1.29, 1.82) is 0 Å². The van der Waals surface area contributed by atoms with E-state index in [1.807, 2.05) is 18.2 Å². The smallest absolute Gasteiger partial charge is 0.145 e. The van der Waals surface area contributed by atoms with Gasteiger partial charge in [-0.3, -0.25) is 0 Å². The molecule has 2 aliphatic rings. The lowest BCUT2D eigenvalue weighted by molar-refractivity contribution is -0.183. The molecule has 2 aromatic rings. The Labute approximate surface area is 209 Å². The van der Waals surface area contributed by atoms with Gasteiger partial charge in [0.15, 0.2) is 0 Å².